The van der Waals surface area contributed by atoms with Crippen LogP contribution >= 0.6 is 0 Å². The lowest BCUT2D eigenvalue weighted by Crippen LogP contribution is -1.87. The third-order valence-corrected chi connectivity index (χ3v) is 2.22. The zero-order chi connectivity index (χ0) is 11.4. The molecule has 2 aromatic carbocycles. The van der Waals surface area contributed by atoms with E-state index in [0.717, 1.165) is 11.1 Å². The summed E-state index contributed by atoms with van der Waals surface area (Å²) < 4.78 is 17.4. The molecule has 0 saturated heterocycles. The smallest absolute Gasteiger partial charge is 0.298 e. The number of halogens is 1. The van der Waals surface area contributed by atoms with E-state index in [-0.39, 0.29) is 5.82 Å². The molecule has 0 aliphatic carbocycles. The summed E-state index contributed by atoms with van der Waals surface area (Å²) in [6.07, 6.45) is 0. The minimum Gasteiger partial charge on any atom is -0.429 e. The molecule has 0 fully saturated rings. The van der Waals surface area contributed by atoms with Gasteiger partial charge in [0.25, 0.3) is 6.47 Å². The van der Waals surface area contributed by atoms with Gasteiger partial charge in [-0.2, -0.15) is 0 Å². The first kappa shape index (κ1) is 10.4. The number of ether oxygens (including phenoxy) is 1. The van der Waals surface area contributed by atoms with Gasteiger partial charge >= 0.3 is 0 Å². The maximum atomic E-state index is 12.7. The van der Waals surface area contributed by atoms with E-state index < -0.39 is 0 Å². The number of carbonyl (C=O) groups is 1. The van der Waals surface area contributed by atoms with Gasteiger partial charge in [0.2, 0.25) is 0 Å². The Labute approximate surface area is 92.3 Å². The van der Waals surface area contributed by atoms with Crippen molar-refractivity contribution < 1.29 is 13.9 Å². The van der Waals surface area contributed by atoms with Gasteiger partial charge in [0.1, 0.15) is 11.6 Å². The maximum Gasteiger partial charge on any atom is 0.298 e. The SMILES string of the molecule is O=COc1ccc(-c2ccc(F)cc2)cc1. The Morgan fingerprint density at radius 2 is 1.38 bits per heavy atom. The summed E-state index contributed by atoms with van der Waals surface area (Å²) >= 11 is 0. The van der Waals surface area contributed by atoms with E-state index in [2.05, 4.69) is 4.74 Å². The molecule has 0 amide bonds. The van der Waals surface area contributed by atoms with Crippen molar-refractivity contribution in [3.8, 4) is 16.9 Å². The van der Waals surface area contributed by atoms with Crippen molar-refractivity contribution in [3.63, 3.8) is 0 Å². The van der Waals surface area contributed by atoms with E-state index in [4.69, 9.17) is 0 Å². The summed E-state index contributed by atoms with van der Waals surface area (Å²) in [6, 6.07) is 13.2. The molecule has 0 saturated carbocycles. The molecule has 0 aliphatic heterocycles. The fourth-order valence-electron chi connectivity index (χ4n) is 1.42. The molecule has 0 atom stereocenters. The van der Waals surface area contributed by atoms with Crippen LogP contribution in [0.25, 0.3) is 11.1 Å². The molecule has 0 bridgehead atoms. The van der Waals surface area contributed by atoms with Crippen molar-refractivity contribution in [3.05, 3.63) is 54.3 Å². The zero-order valence-electron chi connectivity index (χ0n) is 8.39. The van der Waals surface area contributed by atoms with Gasteiger partial charge in [0, 0.05) is 0 Å². The first-order valence-electron chi connectivity index (χ1n) is 4.76. The molecular formula is C13H9FO2. The van der Waals surface area contributed by atoms with Crippen LogP contribution in [0, 0.1) is 5.82 Å². The highest BCUT2D eigenvalue weighted by molar-refractivity contribution is 5.64. The normalized spacial score (nSPS) is 9.81. The molecule has 0 unspecified atom stereocenters. The summed E-state index contributed by atoms with van der Waals surface area (Å²) in [7, 11) is 0. The van der Waals surface area contributed by atoms with Crippen LogP contribution in [0.4, 0.5) is 4.39 Å². The molecule has 0 spiro atoms. The summed E-state index contributed by atoms with van der Waals surface area (Å²) in [5, 5.41) is 0. The minimum absolute atomic E-state index is 0.260. The summed E-state index contributed by atoms with van der Waals surface area (Å²) in [5.74, 6) is 0.227. The Bertz CT molecular complexity index is 474. The van der Waals surface area contributed by atoms with Gasteiger partial charge < -0.3 is 4.74 Å². The average Bonchev–Trinajstić information content (AvgIpc) is 2.32. The molecule has 0 radical (unpaired) electrons. The van der Waals surface area contributed by atoms with E-state index in [1.807, 2.05) is 12.1 Å². The predicted molar refractivity (Wildman–Crippen MR) is 58.5 cm³/mol. The molecule has 0 aliphatic rings. The van der Waals surface area contributed by atoms with Crippen molar-refractivity contribution in [2.45, 2.75) is 0 Å². The Hall–Kier alpha value is -2.16. The highest BCUT2D eigenvalue weighted by Gasteiger charge is 1.98. The molecule has 2 rings (SSSR count). The highest BCUT2D eigenvalue weighted by atomic mass is 19.1. The van der Waals surface area contributed by atoms with Crippen molar-refractivity contribution >= 4 is 6.47 Å². The van der Waals surface area contributed by atoms with E-state index >= 15 is 0 Å². The summed E-state index contributed by atoms with van der Waals surface area (Å²) in [4.78, 5) is 10.1. The topological polar surface area (TPSA) is 26.3 Å². The summed E-state index contributed by atoms with van der Waals surface area (Å²) in [6.45, 7) is 0.382. The molecule has 3 heteroatoms. The van der Waals surface area contributed by atoms with Crippen molar-refractivity contribution in [1.29, 1.82) is 0 Å². The van der Waals surface area contributed by atoms with Crippen molar-refractivity contribution in [1.82, 2.24) is 0 Å². The van der Waals surface area contributed by atoms with Crippen LogP contribution in [0.15, 0.2) is 48.5 Å². The second-order valence-electron chi connectivity index (χ2n) is 3.25. The quantitative estimate of drug-likeness (QED) is 0.737. The molecule has 0 aromatic heterocycles. The minimum atomic E-state index is -0.260. The first-order valence-corrected chi connectivity index (χ1v) is 4.76. The molecule has 0 heterocycles. The van der Waals surface area contributed by atoms with Gasteiger partial charge in [-0.1, -0.05) is 24.3 Å². The Balaban J connectivity index is 2.27. The molecule has 16 heavy (non-hydrogen) atoms. The van der Waals surface area contributed by atoms with Crippen LogP contribution < -0.4 is 4.74 Å². The Kier molecular flexibility index (Phi) is 2.96. The van der Waals surface area contributed by atoms with E-state index in [9.17, 15) is 9.18 Å². The van der Waals surface area contributed by atoms with Crippen molar-refractivity contribution in [2.24, 2.45) is 0 Å². The third-order valence-electron chi connectivity index (χ3n) is 2.22. The molecule has 0 N–H and O–H groups in total. The average molecular weight is 216 g/mol. The largest absolute Gasteiger partial charge is 0.429 e. The van der Waals surface area contributed by atoms with Crippen LogP contribution in [0.2, 0.25) is 0 Å². The highest BCUT2D eigenvalue weighted by Crippen LogP contribution is 2.22. The zero-order valence-corrected chi connectivity index (χ0v) is 8.39. The van der Waals surface area contributed by atoms with Crippen LogP contribution in [0.1, 0.15) is 0 Å². The molecule has 80 valence electrons. The predicted octanol–water partition coefficient (Wildman–Crippen LogP) is 3.03. The van der Waals surface area contributed by atoms with E-state index in [0.29, 0.717) is 12.2 Å². The lowest BCUT2D eigenvalue weighted by molar-refractivity contribution is -0.120. The van der Waals surface area contributed by atoms with Crippen LogP contribution in [-0.4, -0.2) is 6.47 Å². The van der Waals surface area contributed by atoms with E-state index in [1.165, 1.54) is 12.1 Å². The number of carbonyl (C=O) groups excluding carboxylic acids is 1. The van der Waals surface area contributed by atoms with Crippen LogP contribution in [-0.2, 0) is 4.79 Å². The van der Waals surface area contributed by atoms with Gasteiger partial charge in [-0.3, -0.25) is 4.79 Å². The fraction of sp³-hybridized carbons (Fsp3) is 0. The molecule has 2 aromatic rings. The third kappa shape index (κ3) is 2.25. The summed E-state index contributed by atoms with van der Waals surface area (Å²) in [5.41, 5.74) is 1.86. The van der Waals surface area contributed by atoms with Gasteiger partial charge in [-0.05, 0) is 35.4 Å². The Morgan fingerprint density at radius 1 is 0.875 bits per heavy atom. The van der Waals surface area contributed by atoms with Gasteiger partial charge in [-0.15, -0.1) is 0 Å². The second-order valence-corrected chi connectivity index (χ2v) is 3.25. The lowest BCUT2D eigenvalue weighted by atomic mass is 10.1. The van der Waals surface area contributed by atoms with E-state index in [1.54, 1.807) is 24.3 Å². The van der Waals surface area contributed by atoms with Gasteiger partial charge in [0.05, 0.1) is 0 Å². The number of benzene rings is 2. The second kappa shape index (κ2) is 4.57. The van der Waals surface area contributed by atoms with Crippen LogP contribution in [0.3, 0.4) is 0 Å². The van der Waals surface area contributed by atoms with Crippen molar-refractivity contribution in [2.75, 3.05) is 0 Å². The molecular weight excluding hydrogens is 207 g/mol. The lowest BCUT2D eigenvalue weighted by Gasteiger charge is -2.02. The monoisotopic (exact) mass is 216 g/mol. The number of hydrogen-bond acceptors (Lipinski definition) is 2. The first-order chi connectivity index (χ1) is 7.79. The molecule has 2 nitrogen and oxygen atoms in total. The Morgan fingerprint density at radius 3 is 1.88 bits per heavy atom. The maximum absolute atomic E-state index is 12.7. The van der Waals surface area contributed by atoms with Crippen LogP contribution in [0.5, 0.6) is 5.75 Å². The number of hydrogen-bond donors (Lipinski definition) is 0. The fourth-order valence-corrected chi connectivity index (χ4v) is 1.42. The van der Waals surface area contributed by atoms with Gasteiger partial charge in [0.15, 0.2) is 0 Å². The standard InChI is InChI=1S/C13H9FO2/c14-12-5-1-10(2-6-12)11-3-7-13(8-4-11)16-9-15/h1-9H. The van der Waals surface area contributed by atoms with Gasteiger partial charge in [-0.25, -0.2) is 4.39 Å². The number of rotatable bonds is 3.